The van der Waals surface area contributed by atoms with E-state index >= 15 is 0 Å². The molecule has 23 heteroatoms. The first-order valence-corrected chi connectivity index (χ1v) is 23.1. The highest BCUT2D eigenvalue weighted by molar-refractivity contribution is 6.00. The first-order chi connectivity index (χ1) is 33.2. The molecular weight excluding hydrogens is 925 g/mol. The van der Waals surface area contributed by atoms with Crippen LogP contribution in [0.15, 0.2) is 71.4 Å². The number of nitrogens with two attached hydrogens (primary N) is 2. The Morgan fingerprint density at radius 2 is 1.48 bits per heavy atom. The number of nitrogens with zero attached hydrogens (tertiary/aromatic N) is 2. The van der Waals surface area contributed by atoms with Gasteiger partial charge in [-0.25, -0.2) is 9.59 Å². The van der Waals surface area contributed by atoms with E-state index in [-0.39, 0.29) is 31.3 Å². The first-order valence-electron chi connectivity index (χ1n) is 23.1. The molecule has 1 aromatic carbocycles. The van der Waals surface area contributed by atoms with E-state index in [2.05, 4.69) is 43.5 Å². The van der Waals surface area contributed by atoms with E-state index in [0.29, 0.717) is 12.0 Å². The highest BCUT2D eigenvalue weighted by Gasteiger charge is 2.35. The Hall–Kier alpha value is -7.59. The minimum absolute atomic E-state index is 0.00626. The number of hydrogen-bond acceptors (Lipinski definition) is 12. The van der Waals surface area contributed by atoms with Gasteiger partial charge in [0.1, 0.15) is 42.0 Å². The number of rotatable bonds is 14. The SMILES string of the molecule is C=C1C(=O)N[C@@H](C)C(=O)N[C@@H](C(C)C)C(=O)N[C@@H](C(=O)O)CC(=O)N[C@@H](CCCN=C(N)N)C(=O)N[C@@H](/C=C/C(C)=C/[C@H](C)[C@H](Cc2ccccc2)OC(C)=O)[C@H](C)C(=O)N[C@@H](C(=O)O)CCC(=O)N1C. The first kappa shape index (κ1) is 59.5. The molecule has 0 bridgehead atoms. The second-order valence-electron chi connectivity index (χ2n) is 17.7. The standard InChI is InChI=1S/C48H70N10O13/c1-25(2)40-45(66)56-36(47(69)70)24-38(60)53-34(16-13-21-51-48(49)50)44(65)54-33(18-17-26(3)22-27(4)37(71-31(8)59)23-32-14-11-10-12-15-32)28(5)41(62)55-35(46(67)68)19-20-39(61)58(9)30(7)43(64)52-29(6)42(63)57-40/h10-12,14-15,17-18,22,25,27-29,33-37,40H,7,13,16,19-21,23-24H2,1-6,8-9H3,(H,52,64)(H,53,60)(H,54,65)(H,55,62)(H,56,66)(H,57,63)(H,67,68)(H,69,70)(H4,49,50,51)/b18-17+,26-22+/t27-,28-,29-,33-,34-,35+,36+,37-,40-/m0/s1. The Morgan fingerprint density at radius 1 is 0.859 bits per heavy atom. The molecule has 0 aromatic heterocycles. The molecule has 0 radical (unpaired) electrons. The molecule has 1 aliphatic heterocycles. The Balaban J connectivity index is 2.71. The van der Waals surface area contributed by atoms with Crippen molar-refractivity contribution in [2.75, 3.05) is 13.6 Å². The van der Waals surface area contributed by atoms with E-state index in [1.165, 1.54) is 33.9 Å². The van der Waals surface area contributed by atoms with Crippen molar-refractivity contribution in [2.24, 2.45) is 34.2 Å². The topological polar surface area (TPSA) is 360 Å². The van der Waals surface area contributed by atoms with Crippen LogP contribution in [-0.4, -0.2) is 136 Å². The number of benzene rings is 1. The fraction of sp³-hybridized carbons (Fsp3) is 0.521. The molecule has 71 heavy (non-hydrogen) atoms. The molecule has 9 atom stereocenters. The number of carbonyl (C=O) groups excluding carboxylic acids is 8. The number of esters is 1. The number of allylic oxidation sites excluding steroid dienone is 2. The van der Waals surface area contributed by atoms with Crippen molar-refractivity contribution in [3.63, 3.8) is 0 Å². The number of hydrogen-bond donors (Lipinski definition) is 10. The van der Waals surface area contributed by atoms with Gasteiger partial charge < -0.3 is 63.2 Å². The van der Waals surface area contributed by atoms with Crippen molar-refractivity contribution in [3.05, 3.63) is 72.0 Å². The highest BCUT2D eigenvalue weighted by atomic mass is 16.5. The molecule has 23 nitrogen and oxygen atoms in total. The van der Waals surface area contributed by atoms with Crippen molar-refractivity contribution < 1.29 is 62.9 Å². The second kappa shape index (κ2) is 28.8. The van der Waals surface area contributed by atoms with Gasteiger partial charge in [0.15, 0.2) is 5.96 Å². The average Bonchev–Trinajstić information content (AvgIpc) is 3.29. The number of likely N-dealkylation sites (N-methyl/N-ethyl adjacent to an activating group) is 1. The lowest BCUT2D eigenvalue weighted by Crippen LogP contribution is -2.58. The summed E-state index contributed by atoms with van der Waals surface area (Å²) in [6, 6.07) is 0.480. The smallest absolute Gasteiger partial charge is 0.326 e. The van der Waals surface area contributed by atoms with Crippen LogP contribution in [0.1, 0.15) is 86.1 Å². The summed E-state index contributed by atoms with van der Waals surface area (Å²) in [5.41, 5.74) is 12.1. The molecule has 2 rings (SSSR count). The van der Waals surface area contributed by atoms with Gasteiger partial charge in [-0.15, -0.1) is 0 Å². The molecule has 1 heterocycles. The van der Waals surface area contributed by atoms with Gasteiger partial charge in [0, 0.05) is 39.3 Å². The molecule has 0 unspecified atom stereocenters. The summed E-state index contributed by atoms with van der Waals surface area (Å²) in [6.07, 6.45) is 2.82. The van der Waals surface area contributed by atoms with Gasteiger partial charge in [0.25, 0.3) is 5.91 Å². The summed E-state index contributed by atoms with van der Waals surface area (Å²) in [5, 5.41) is 34.9. The number of aliphatic imine (C=N–C) groups is 1. The van der Waals surface area contributed by atoms with Crippen LogP contribution in [0.5, 0.6) is 0 Å². The monoisotopic (exact) mass is 995 g/mol. The molecular formula is C48H70N10O13. The summed E-state index contributed by atoms with van der Waals surface area (Å²) < 4.78 is 5.66. The van der Waals surface area contributed by atoms with E-state index in [4.69, 9.17) is 16.2 Å². The summed E-state index contributed by atoms with van der Waals surface area (Å²) in [7, 11) is 1.19. The lowest BCUT2D eigenvalue weighted by molar-refractivity contribution is -0.148. The van der Waals surface area contributed by atoms with Crippen LogP contribution < -0.4 is 43.4 Å². The van der Waals surface area contributed by atoms with Crippen molar-refractivity contribution in [3.8, 4) is 0 Å². The van der Waals surface area contributed by atoms with Crippen molar-refractivity contribution >= 4 is 65.2 Å². The van der Waals surface area contributed by atoms with Crippen LogP contribution in [0.4, 0.5) is 0 Å². The van der Waals surface area contributed by atoms with Crippen LogP contribution in [0.3, 0.4) is 0 Å². The summed E-state index contributed by atoms with van der Waals surface area (Å²) in [5.74, 6) is -12.5. The third-order valence-corrected chi connectivity index (χ3v) is 11.4. The maximum absolute atomic E-state index is 14.3. The molecule has 12 N–H and O–H groups in total. The van der Waals surface area contributed by atoms with Gasteiger partial charge in [-0.05, 0) is 44.6 Å². The van der Waals surface area contributed by atoms with E-state index in [1.54, 1.807) is 26.8 Å². The number of guanidine groups is 1. The maximum Gasteiger partial charge on any atom is 0.326 e. The number of carbonyl (C=O) groups is 10. The Morgan fingerprint density at radius 3 is 2.06 bits per heavy atom. The maximum atomic E-state index is 14.3. The number of ether oxygens (including phenoxy) is 1. The average molecular weight is 995 g/mol. The Labute approximate surface area is 413 Å². The van der Waals surface area contributed by atoms with Gasteiger partial charge in [0.05, 0.1) is 18.4 Å². The van der Waals surface area contributed by atoms with Crippen molar-refractivity contribution in [1.82, 2.24) is 36.8 Å². The third-order valence-electron chi connectivity index (χ3n) is 11.4. The van der Waals surface area contributed by atoms with Crippen molar-refractivity contribution in [2.45, 2.75) is 129 Å². The summed E-state index contributed by atoms with van der Waals surface area (Å²) >= 11 is 0. The third kappa shape index (κ3) is 20.5. The van der Waals surface area contributed by atoms with E-state index in [0.717, 1.165) is 10.5 Å². The minimum atomic E-state index is -1.87. The lowest BCUT2D eigenvalue weighted by Gasteiger charge is -2.27. The molecule has 0 saturated carbocycles. The number of nitrogens with one attached hydrogen (secondary N) is 6. The predicted molar refractivity (Wildman–Crippen MR) is 260 cm³/mol. The van der Waals surface area contributed by atoms with E-state index < -0.39 is 138 Å². The molecule has 7 amide bonds. The highest BCUT2D eigenvalue weighted by Crippen LogP contribution is 2.19. The van der Waals surface area contributed by atoms with Gasteiger partial charge in [0.2, 0.25) is 35.4 Å². The predicted octanol–water partition coefficient (Wildman–Crippen LogP) is -0.101. The van der Waals surface area contributed by atoms with Crippen LogP contribution in [-0.2, 0) is 59.1 Å². The van der Waals surface area contributed by atoms with Gasteiger partial charge >= 0.3 is 17.9 Å². The fourth-order valence-corrected chi connectivity index (χ4v) is 7.13. The van der Waals surface area contributed by atoms with Crippen LogP contribution >= 0.6 is 0 Å². The number of carboxylic acids is 2. The second-order valence-corrected chi connectivity index (χ2v) is 17.7. The largest absolute Gasteiger partial charge is 0.480 e. The fourth-order valence-electron chi connectivity index (χ4n) is 7.13. The van der Waals surface area contributed by atoms with Gasteiger partial charge in [-0.3, -0.25) is 43.3 Å². The van der Waals surface area contributed by atoms with E-state index in [9.17, 15) is 58.2 Å². The van der Waals surface area contributed by atoms with Crippen molar-refractivity contribution in [1.29, 1.82) is 0 Å². The molecule has 390 valence electrons. The number of amides is 7. The summed E-state index contributed by atoms with van der Waals surface area (Å²) in [4.78, 5) is 137. The molecule has 1 fully saturated rings. The summed E-state index contributed by atoms with van der Waals surface area (Å²) in [6.45, 7) is 14.3. The lowest BCUT2D eigenvalue weighted by atomic mass is 9.94. The Bertz CT molecular complexity index is 2210. The van der Waals surface area contributed by atoms with Gasteiger partial charge in [-0.2, -0.15) is 0 Å². The molecule has 1 aliphatic rings. The molecule has 0 spiro atoms. The van der Waals surface area contributed by atoms with Crippen LogP contribution in [0.2, 0.25) is 0 Å². The van der Waals surface area contributed by atoms with Gasteiger partial charge in [-0.1, -0.05) is 88.4 Å². The van der Waals surface area contributed by atoms with Crippen LogP contribution in [0.25, 0.3) is 0 Å². The zero-order chi connectivity index (χ0) is 53.7. The van der Waals surface area contributed by atoms with Crippen LogP contribution in [0, 0.1) is 17.8 Å². The number of carboxylic acid groups (broad SMARTS) is 2. The normalized spacial score (nSPS) is 24.2. The quantitative estimate of drug-likeness (QED) is 0.0291. The zero-order valence-electron chi connectivity index (χ0n) is 41.5. The zero-order valence-corrected chi connectivity index (χ0v) is 41.5. The molecule has 0 aliphatic carbocycles. The number of aliphatic carboxylic acids is 2. The molecule has 1 saturated heterocycles. The molecule has 1 aromatic rings. The minimum Gasteiger partial charge on any atom is -0.480 e. The van der Waals surface area contributed by atoms with E-state index in [1.807, 2.05) is 43.3 Å². The Kier molecular flexibility index (Phi) is 24.1.